The molecule has 2 aromatic rings. The molecule has 0 radical (unpaired) electrons. The highest BCUT2D eigenvalue weighted by Crippen LogP contribution is 2.16. The fraction of sp³-hybridized carbons (Fsp3) is 0.333. The Morgan fingerprint density at radius 3 is 2.60 bits per heavy atom. The average molecular weight is 379 g/mol. The molecule has 0 saturated heterocycles. The molecule has 0 spiro atoms. The van der Waals surface area contributed by atoms with E-state index in [2.05, 4.69) is 16.4 Å². The summed E-state index contributed by atoms with van der Waals surface area (Å²) in [5.41, 5.74) is 1.01. The highest BCUT2D eigenvalue weighted by atomic mass is 35.5. The van der Waals surface area contributed by atoms with Crippen molar-refractivity contribution in [2.45, 2.75) is 13.1 Å². The van der Waals surface area contributed by atoms with Gasteiger partial charge in [0.05, 0.1) is 6.54 Å². The van der Waals surface area contributed by atoms with Gasteiger partial charge in [0.2, 0.25) is 5.91 Å². The molecule has 0 atom stereocenters. The van der Waals surface area contributed by atoms with Crippen molar-refractivity contribution in [1.29, 1.82) is 0 Å². The number of carbonyl (C=O) groups excluding carboxylic acids is 1. The van der Waals surface area contributed by atoms with Crippen molar-refractivity contribution in [2.24, 2.45) is 4.99 Å². The van der Waals surface area contributed by atoms with Crippen molar-refractivity contribution in [2.75, 3.05) is 27.7 Å². The zero-order valence-corrected chi connectivity index (χ0v) is 16.3. The highest BCUT2D eigenvalue weighted by molar-refractivity contribution is 7.09. The van der Waals surface area contributed by atoms with Crippen LogP contribution in [-0.4, -0.2) is 49.4 Å². The van der Waals surface area contributed by atoms with Crippen LogP contribution in [0.15, 0.2) is 46.8 Å². The number of hydrogen-bond donors (Lipinski definition) is 1. The molecule has 0 saturated carbocycles. The second-order valence-electron chi connectivity index (χ2n) is 5.81. The van der Waals surface area contributed by atoms with Gasteiger partial charge in [-0.25, -0.2) is 4.99 Å². The topological polar surface area (TPSA) is 47.9 Å². The number of halogens is 1. The van der Waals surface area contributed by atoms with Crippen molar-refractivity contribution in [3.05, 3.63) is 57.2 Å². The molecule has 1 heterocycles. The van der Waals surface area contributed by atoms with Crippen LogP contribution in [0, 0.1) is 0 Å². The monoisotopic (exact) mass is 378 g/mol. The van der Waals surface area contributed by atoms with Gasteiger partial charge in [0.15, 0.2) is 5.96 Å². The summed E-state index contributed by atoms with van der Waals surface area (Å²) in [6.45, 7) is 1.37. The number of benzene rings is 1. The van der Waals surface area contributed by atoms with Gasteiger partial charge < -0.3 is 15.1 Å². The number of thiophene rings is 1. The summed E-state index contributed by atoms with van der Waals surface area (Å²) in [7, 11) is 5.39. The second kappa shape index (κ2) is 9.44. The molecule has 1 aromatic carbocycles. The van der Waals surface area contributed by atoms with E-state index in [9.17, 15) is 4.79 Å². The summed E-state index contributed by atoms with van der Waals surface area (Å²) in [4.78, 5) is 21.1. The summed E-state index contributed by atoms with van der Waals surface area (Å²) < 4.78 is 0. The first-order valence-corrected chi connectivity index (χ1v) is 9.18. The molecule has 1 amide bonds. The molecular formula is C18H23ClN4OS. The highest BCUT2D eigenvalue weighted by Gasteiger charge is 2.11. The molecule has 1 N–H and O–H groups in total. The first-order valence-electron chi connectivity index (χ1n) is 7.92. The lowest BCUT2D eigenvalue weighted by Crippen LogP contribution is -2.39. The van der Waals surface area contributed by atoms with Gasteiger partial charge in [0.25, 0.3) is 0 Å². The molecule has 0 aliphatic heterocycles. The van der Waals surface area contributed by atoms with Crippen LogP contribution in [0.3, 0.4) is 0 Å². The Bertz CT molecular complexity index is 716. The maximum Gasteiger partial charge on any atom is 0.243 e. The Morgan fingerprint density at radius 2 is 1.96 bits per heavy atom. The minimum Gasteiger partial charge on any atom is -0.351 e. The molecule has 0 aliphatic rings. The molecule has 1 aromatic heterocycles. The first kappa shape index (κ1) is 19.3. The van der Waals surface area contributed by atoms with Gasteiger partial charge in [-0.05, 0) is 23.1 Å². The normalized spacial score (nSPS) is 11.3. The minimum atomic E-state index is -0.0402. The maximum atomic E-state index is 11.9. The van der Waals surface area contributed by atoms with Crippen LogP contribution in [0.4, 0.5) is 0 Å². The van der Waals surface area contributed by atoms with Crippen LogP contribution < -0.4 is 5.32 Å². The summed E-state index contributed by atoms with van der Waals surface area (Å²) in [6.07, 6.45) is 0. The predicted octanol–water partition coefficient (Wildman–Crippen LogP) is 3.07. The zero-order chi connectivity index (χ0) is 18.2. The quantitative estimate of drug-likeness (QED) is 0.620. The third kappa shape index (κ3) is 6.07. The SMILES string of the molecule is CN(C)C(=O)CN=C(NCc1cccs1)N(C)Cc1ccccc1Cl. The predicted molar refractivity (Wildman–Crippen MR) is 105 cm³/mol. The van der Waals surface area contributed by atoms with E-state index in [0.29, 0.717) is 19.0 Å². The molecule has 25 heavy (non-hydrogen) atoms. The first-order chi connectivity index (χ1) is 12.0. The van der Waals surface area contributed by atoms with Gasteiger partial charge in [-0.1, -0.05) is 35.9 Å². The van der Waals surface area contributed by atoms with E-state index in [0.717, 1.165) is 10.6 Å². The zero-order valence-electron chi connectivity index (χ0n) is 14.7. The smallest absolute Gasteiger partial charge is 0.243 e. The molecule has 0 unspecified atom stereocenters. The van der Waals surface area contributed by atoms with E-state index in [-0.39, 0.29) is 12.5 Å². The van der Waals surface area contributed by atoms with Crippen molar-refractivity contribution in [3.8, 4) is 0 Å². The fourth-order valence-corrected chi connectivity index (χ4v) is 2.97. The molecule has 0 aliphatic carbocycles. The lowest BCUT2D eigenvalue weighted by atomic mass is 10.2. The van der Waals surface area contributed by atoms with Gasteiger partial charge in [-0.15, -0.1) is 11.3 Å². The van der Waals surface area contributed by atoms with Crippen molar-refractivity contribution in [3.63, 3.8) is 0 Å². The standard InChI is InChI=1S/C18H23ClN4OS/c1-22(2)17(24)12-21-18(20-11-15-8-6-10-25-15)23(3)13-14-7-4-5-9-16(14)19/h4-10H,11-13H2,1-3H3,(H,20,21). The fourth-order valence-electron chi connectivity index (χ4n) is 2.13. The number of nitrogens with zero attached hydrogens (tertiary/aromatic N) is 3. The lowest BCUT2D eigenvalue weighted by molar-refractivity contribution is -0.127. The largest absolute Gasteiger partial charge is 0.351 e. The van der Waals surface area contributed by atoms with Crippen LogP contribution in [-0.2, 0) is 17.9 Å². The molecule has 2 rings (SSSR count). The van der Waals surface area contributed by atoms with Gasteiger partial charge in [0, 0.05) is 37.6 Å². The summed E-state index contributed by atoms with van der Waals surface area (Å²) >= 11 is 7.93. The van der Waals surface area contributed by atoms with Crippen LogP contribution >= 0.6 is 22.9 Å². The Balaban J connectivity index is 2.09. The average Bonchev–Trinajstić information content (AvgIpc) is 3.10. The Kier molecular flexibility index (Phi) is 7.28. The van der Waals surface area contributed by atoms with Gasteiger partial charge >= 0.3 is 0 Å². The van der Waals surface area contributed by atoms with E-state index in [1.54, 1.807) is 25.4 Å². The number of guanidine groups is 1. The van der Waals surface area contributed by atoms with E-state index in [1.807, 2.05) is 47.7 Å². The number of aliphatic imine (C=N–C) groups is 1. The van der Waals surface area contributed by atoms with Gasteiger partial charge in [0.1, 0.15) is 6.54 Å². The number of amides is 1. The Labute approximate surface area is 157 Å². The Morgan fingerprint density at radius 1 is 1.20 bits per heavy atom. The summed E-state index contributed by atoms with van der Waals surface area (Å²) in [5.74, 6) is 0.630. The Hall–Kier alpha value is -2.05. The third-order valence-electron chi connectivity index (χ3n) is 3.59. The van der Waals surface area contributed by atoms with Crippen LogP contribution in [0.2, 0.25) is 5.02 Å². The van der Waals surface area contributed by atoms with E-state index >= 15 is 0 Å². The van der Waals surface area contributed by atoms with Crippen LogP contribution in [0.1, 0.15) is 10.4 Å². The van der Waals surface area contributed by atoms with Crippen molar-refractivity contribution < 1.29 is 4.79 Å². The van der Waals surface area contributed by atoms with Crippen LogP contribution in [0.25, 0.3) is 0 Å². The van der Waals surface area contributed by atoms with Crippen molar-refractivity contribution in [1.82, 2.24) is 15.1 Å². The molecule has 0 fully saturated rings. The van der Waals surface area contributed by atoms with Gasteiger partial charge in [-0.2, -0.15) is 0 Å². The van der Waals surface area contributed by atoms with E-state index in [4.69, 9.17) is 11.6 Å². The third-order valence-corrected chi connectivity index (χ3v) is 4.84. The second-order valence-corrected chi connectivity index (χ2v) is 7.25. The van der Waals surface area contributed by atoms with Crippen molar-refractivity contribution >= 4 is 34.8 Å². The number of carbonyl (C=O) groups is 1. The minimum absolute atomic E-state index is 0.0402. The van der Waals surface area contributed by atoms with Crippen LogP contribution in [0.5, 0.6) is 0 Å². The summed E-state index contributed by atoms with van der Waals surface area (Å²) in [6, 6.07) is 11.8. The number of hydrogen-bond acceptors (Lipinski definition) is 3. The molecule has 7 heteroatoms. The number of nitrogens with one attached hydrogen (secondary N) is 1. The molecular weight excluding hydrogens is 356 g/mol. The number of likely N-dealkylation sites (N-methyl/N-ethyl adjacent to an activating group) is 1. The molecule has 0 bridgehead atoms. The number of rotatable bonds is 6. The van der Waals surface area contributed by atoms with E-state index in [1.165, 1.54) is 9.78 Å². The van der Waals surface area contributed by atoms with E-state index < -0.39 is 0 Å². The molecule has 5 nitrogen and oxygen atoms in total. The summed E-state index contributed by atoms with van der Waals surface area (Å²) in [5, 5.41) is 6.09. The maximum absolute atomic E-state index is 11.9. The van der Waals surface area contributed by atoms with Gasteiger partial charge in [-0.3, -0.25) is 4.79 Å². The lowest BCUT2D eigenvalue weighted by Gasteiger charge is -2.23. The molecule has 134 valence electrons.